The normalized spacial score (nSPS) is 11.0. The molecule has 8 nitrogen and oxygen atoms in total. The van der Waals surface area contributed by atoms with Gasteiger partial charge in [0.05, 0.1) is 18.6 Å². The van der Waals surface area contributed by atoms with Crippen LogP contribution >= 0.6 is 23.5 Å². The first-order valence-corrected chi connectivity index (χ1v) is 13.1. The van der Waals surface area contributed by atoms with Gasteiger partial charge in [-0.25, -0.2) is 5.43 Å². The molecule has 1 N–H and O–H groups in total. The fourth-order valence-corrected chi connectivity index (χ4v) is 4.32. The number of thioether (sulfide) groups is 2. The number of hydrogen-bond acceptors (Lipinski definition) is 8. The number of hydrazone groups is 1. The Morgan fingerprint density at radius 1 is 1.11 bits per heavy atom. The Morgan fingerprint density at radius 2 is 1.91 bits per heavy atom. The van der Waals surface area contributed by atoms with Crippen LogP contribution in [-0.2, 0) is 4.79 Å². The molecule has 0 bridgehead atoms. The Labute approximate surface area is 212 Å². The summed E-state index contributed by atoms with van der Waals surface area (Å²) in [5, 5.41) is 13.4. The molecular weight excluding hydrogens is 480 g/mol. The average molecular weight is 505 g/mol. The van der Waals surface area contributed by atoms with E-state index in [2.05, 4.69) is 25.7 Å². The first kappa shape index (κ1) is 24.5. The third kappa shape index (κ3) is 6.49. The number of rotatable bonds is 10. The molecule has 0 aliphatic carbocycles. The van der Waals surface area contributed by atoms with E-state index in [1.165, 1.54) is 16.7 Å². The maximum atomic E-state index is 12.4. The van der Waals surface area contributed by atoms with Crippen LogP contribution in [0.25, 0.3) is 17.1 Å². The molecule has 0 aliphatic heterocycles. The van der Waals surface area contributed by atoms with Crippen LogP contribution in [0.15, 0.2) is 88.2 Å². The van der Waals surface area contributed by atoms with Gasteiger partial charge >= 0.3 is 0 Å². The lowest BCUT2D eigenvalue weighted by molar-refractivity contribution is -0.118. The molecule has 0 atom stereocenters. The lowest BCUT2D eigenvalue weighted by Crippen LogP contribution is -2.20. The molecular formula is C25H24N6O2S2. The van der Waals surface area contributed by atoms with Crippen molar-refractivity contribution in [3.63, 3.8) is 0 Å². The molecule has 0 unspecified atom stereocenters. The molecule has 4 aromatic rings. The minimum absolute atomic E-state index is 0.130. The summed E-state index contributed by atoms with van der Waals surface area (Å²) < 4.78 is 7.46. The molecule has 2 aromatic heterocycles. The molecule has 0 fully saturated rings. The Morgan fingerprint density at radius 3 is 2.60 bits per heavy atom. The number of aromatic nitrogens is 4. The summed E-state index contributed by atoms with van der Waals surface area (Å²) in [6.07, 6.45) is 7.09. The molecule has 0 saturated carbocycles. The first-order chi connectivity index (χ1) is 17.2. The van der Waals surface area contributed by atoms with E-state index < -0.39 is 0 Å². The zero-order valence-electron chi connectivity index (χ0n) is 19.3. The number of amides is 1. The zero-order valence-corrected chi connectivity index (χ0v) is 20.9. The summed E-state index contributed by atoms with van der Waals surface area (Å²) in [6.45, 7) is 2.54. The van der Waals surface area contributed by atoms with E-state index in [0.717, 1.165) is 22.6 Å². The Kier molecular flexibility index (Phi) is 8.53. The van der Waals surface area contributed by atoms with Crippen LogP contribution in [0.3, 0.4) is 0 Å². The van der Waals surface area contributed by atoms with Gasteiger partial charge in [0.15, 0.2) is 11.0 Å². The van der Waals surface area contributed by atoms with Gasteiger partial charge in [-0.15, -0.1) is 22.0 Å². The topological polar surface area (TPSA) is 94.3 Å². The van der Waals surface area contributed by atoms with Crippen LogP contribution in [0.5, 0.6) is 5.75 Å². The Bertz CT molecular complexity index is 1280. The summed E-state index contributed by atoms with van der Waals surface area (Å²) in [7, 11) is 0. The quantitative estimate of drug-likeness (QED) is 0.190. The van der Waals surface area contributed by atoms with Crippen LogP contribution in [0, 0.1) is 0 Å². The van der Waals surface area contributed by atoms with Crippen molar-refractivity contribution in [2.24, 2.45) is 5.10 Å². The molecule has 0 aliphatic rings. The molecule has 0 radical (unpaired) electrons. The number of benzene rings is 2. The smallest absolute Gasteiger partial charge is 0.250 e. The van der Waals surface area contributed by atoms with Crippen LogP contribution in [-0.4, -0.2) is 50.5 Å². The maximum Gasteiger partial charge on any atom is 0.250 e. The van der Waals surface area contributed by atoms with Crippen molar-refractivity contribution >= 4 is 35.6 Å². The molecule has 0 spiro atoms. The van der Waals surface area contributed by atoms with Crippen molar-refractivity contribution in [3.05, 3.63) is 78.6 Å². The standard InChI is InChI=1S/C25H24N6O2S2/c1-3-33-21-10-8-20(9-11-21)31-24(19-5-4-14-26-16-19)29-30-25(31)35-17-23(32)28-27-15-18-6-12-22(34-2)13-7-18/h4-16H,3,17H2,1-2H3,(H,28,32)/b27-15-. The van der Waals surface area contributed by atoms with E-state index in [1.54, 1.807) is 30.4 Å². The second-order valence-corrected chi connectivity index (χ2v) is 8.99. The summed E-state index contributed by atoms with van der Waals surface area (Å²) in [6, 6.07) is 19.4. The summed E-state index contributed by atoms with van der Waals surface area (Å²) >= 11 is 2.95. The zero-order chi connectivity index (χ0) is 24.5. The average Bonchev–Trinajstić information content (AvgIpc) is 3.33. The number of hydrogen-bond donors (Lipinski definition) is 1. The molecule has 4 rings (SSSR count). The largest absolute Gasteiger partial charge is 0.494 e. The molecule has 0 saturated heterocycles. The third-order valence-corrected chi connectivity index (χ3v) is 6.48. The molecule has 178 valence electrons. The maximum absolute atomic E-state index is 12.4. The SMILES string of the molecule is CCOc1ccc(-n2c(SCC(=O)N/N=C\c3ccc(SC)cc3)nnc2-c2cccnc2)cc1. The highest BCUT2D eigenvalue weighted by atomic mass is 32.2. The minimum atomic E-state index is -0.240. The Balaban J connectivity index is 1.48. The van der Waals surface area contributed by atoms with Gasteiger partial charge in [0.25, 0.3) is 5.91 Å². The van der Waals surface area contributed by atoms with Crippen molar-refractivity contribution in [3.8, 4) is 22.8 Å². The number of ether oxygens (including phenoxy) is 1. The second-order valence-electron chi connectivity index (χ2n) is 7.17. The van der Waals surface area contributed by atoms with Gasteiger partial charge in [0.2, 0.25) is 0 Å². The van der Waals surface area contributed by atoms with Crippen molar-refractivity contribution in [1.82, 2.24) is 25.2 Å². The summed E-state index contributed by atoms with van der Waals surface area (Å²) in [5.41, 5.74) is 5.15. The fraction of sp³-hybridized carbons (Fsp3) is 0.160. The summed E-state index contributed by atoms with van der Waals surface area (Å²) in [4.78, 5) is 17.8. The highest BCUT2D eigenvalue weighted by molar-refractivity contribution is 7.99. The number of carbonyl (C=O) groups excluding carboxylic acids is 1. The van der Waals surface area contributed by atoms with Crippen molar-refractivity contribution < 1.29 is 9.53 Å². The fourth-order valence-electron chi connectivity index (χ4n) is 3.17. The number of carbonyl (C=O) groups is 1. The molecule has 2 heterocycles. The number of pyridine rings is 1. The van der Waals surface area contributed by atoms with Gasteiger partial charge in [-0.2, -0.15) is 5.10 Å². The minimum Gasteiger partial charge on any atom is -0.494 e. The van der Waals surface area contributed by atoms with Gasteiger partial charge in [-0.1, -0.05) is 23.9 Å². The van der Waals surface area contributed by atoms with E-state index in [9.17, 15) is 4.79 Å². The van der Waals surface area contributed by atoms with E-state index >= 15 is 0 Å². The van der Waals surface area contributed by atoms with E-state index in [-0.39, 0.29) is 11.7 Å². The predicted octanol–water partition coefficient (Wildman–Crippen LogP) is 4.69. The van der Waals surface area contributed by atoms with Gasteiger partial charge < -0.3 is 4.74 Å². The van der Waals surface area contributed by atoms with Gasteiger partial charge in [-0.05, 0) is 67.3 Å². The van der Waals surface area contributed by atoms with E-state index in [4.69, 9.17) is 4.74 Å². The predicted molar refractivity (Wildman–Crippen MR) is 140 cm³/mol. The first-order valence-electron chi connectivity index (χ1n) is 10.9. The molecule has 10 heteroatoms. The number of nitrogens with zero attached hydrogens (tertiary/aromatic N) is 5. The summed E-state index contributed by atoms with van der Waals surface area (Å²) in [5.74, 6) is 1.31. The van der Waals surface area contributed by atoms with Crippen LogP contribution < -0.4 is 10.2 Å². The van der Waals surface area contributed by atoms with E-state index in [0.29, 0.717) is 17.6 Å². The van der Waals surface area contributed by atoms with Gasteiger partial charge in [0.1, 0.15) is 5.75 Å². The second kappa shape index (κ2) is 12.2. The van der Waals surface area contributed by atoms with Crippen molar-refractivity contribution in [2.75, 3.05) is 18.6 Å². The Hall–Kier alpha value is -3.63. The van der Waals surface area contributed by atoms with Crippen molar-refractivity contribution in [1.29, 1.82) is 0 Å². The number of nitrogens with one attached hydrogen (secondary N) is 1. The molecule has 35 heavy (non-hydrogen) atoms. The van der Waals surface area contributed by atoms with Crippen LogP contribution in [0.1, 0.15) is 12.5 Å². The third-order valence-electron chi connectivity index (χ3n) is 4.81. The molecule has 1 amide bonds. The lowest BCUT2D eigenvalue weighted by atomic mass is 10.2. The van der Waals surface area contributed by atoms with Gasteiger partial charge in [0, 0.05) is 28.5 Å². The monoisotopic (exact) mass is 504 g/mol. The van der Waals surface area contributed by atoms with Gasteiger partial charge in [-0.3, -0.25) is 14.3 Å². The highest BCUT2D eigenvalue weighted by Gasteiger charge is 2.17. The van der Waals surface area contributed by atoms with Crippen LogP contribution in [0.4, 0.5) is 0 Å². The van der Waals surface area contributed by atoms with Crippen LogP contribution in [0.2, 0.25) is 0 Å². The van der Waals surface area contributed by atoms with E-state index in [1.807, 2.05) is 78.4 Å². The molecule has 2 aromatic carbocycles. The lowest BCUT2D eigenvalue weighted by Gasteiger charge is -2.11. The van der Waals surface area contributed by atoms with Crippen molar-refractivity contribution in [2.45, 2.75) is 17.0 Å². The highest BCUT2D eigenvalue weighted by Crippen LogP contribution is 2.28.